The summed E-state index contributed by atoms with van der Waals surface area (Å²) in [6.45, 7) is 2.14. The van der Waals surface area contributed by atoms with Crippen LogP contribution in [-0.4, -0.2) is 18.4 Å². The Labute approximate surface area is 130 Å². The van der Waals surface area contributed by atoms with Crippen molar-refractivity contribution < 1.29 is 4.39 Å². The van der Waals surface area contributed by atoms with E-state index < -0.39 is 0 Å². The highest BCUT2D eigenvalue weighted by atomic mass is 79.9. The Morgan fingerprint density at radius 3 is 2.45 bits per heavy atom. The summed E-state index contributed by atoms with van der Waals surface area (Å²) in [5.74, 6) is -0.109. The Morgan fingerprint density at radius 2 is 1.70 bits per heavy atom. The second-order valence-corrected chi connectivity index (χ2v) is 6.47. The molecule has 0 atom stereocenters. The van der Waals surface area contributed by atoms with E-state index in [1.54, 1.807) is 12.1 Å². The van der Waals surface area contributed by atoms with Crippen LogP contribution in [0, 0.1) is 5.82 Å². The van der Waals surface area contributed by atoms with Crippen LogP contribution in [0.4, 0.5) is 10.1 Å². The van der Waals surface area contributed by atoms with Gasteiger partial charge in [-0.2, -0.15) is 0 Å². The van der Waals surface area contributed by atoms with Crippen molar-refractivity contribution in [1.29, 1.82) is 0 Å². The van der Waals surface area contributed by atoms with Gasteiger partial charge >= 0.3 is 0 Å². The molecule has 1 aliphatic rings. The van der Waals surface area contributed by atoms with Gasteiger partial charge in [0, 0.05) is 24.1 Å². The molecule has 0 saturated carbocycles. The molecule has 0 amide bonds. The molecule has 0 saturated heterocycles. The van der Waals surface area contributed by atoms with Crippen LogP contribution in [0.5, 0.6) is 0 Å². The van der Waals surface area contributed by atoms with Crippen LogP contribution < -0.4 is 4.90 Å². The van der Waals surface area contributed by atoms with Crippen molar-refractivity contribution in [3.05, 3.63) is 29.6 Å². The van der Waals surface area contributed by atoms with Crippen molar-refractivity contribution in [3.8, 4) is 0 Å². The van der Waals surface area contributed by atoms with E-state index in [0.29, 0.717) is 0 Å². The summed E-state index contributed by atoms with van der Waals surface area (Å²) >= 11 is 3.47. The fraction of sp³-hybridized carbons (Fsp3) is 0.647. The van der Waals surface area contributed by atoms with Crippen molar-refractivity contribution in [2.75, 3.05) is 23.3 Å². The predicted octanol–water partition coefficient (Wildman–Crippen LogP) is 5.31. The Kier molecular flexibility index (Phi) is 6.85. The molecule has 1 aliphatic heterocycles. The van der Waals surface area contributed by atoms with E-state index in [2.05, 4.69) is 20.8 Å². The molecule has 0 N–H and O–H groups in total. The first-order valence-corrected chi connectivity index (χ1v) is 9.03. The second kappa shape index (κ2) is 8.66. The number of halogens is 2. The molecule has 3 heteroatoms. The highest BCUT2D eigenvalue weighted by Gasteiger charge is 2.18. The van der Waals surface area contributed by atoms with E-state index in [4.69, 9.17) is 0 Å². The lowest BCUT2D eigenvalue weighted by Crippen LogP contribution is -2.21. The Bertz CT molecular complexity index is 408. The summed E-state index contributed by atoms with van der Waals surface area (Å²) in [7, 11) is 0. The fourth-order valence-electron chi connectivity index (χ4n) is 2.93. The number of rotatable bonds is 9. The number of benzene rings is 1. The Balaban J connectivity index is 1.61. The highest BCUT2D eigenvalue weighted by Crippen LogP contribution is 2.28. The van der Waals surface area contributed by atoms with Crippen molar-refractivity contribution in [1.82, 2.24) is 0 Å². The Morgan fingerprint density at radius 1 is 1.00 bits per heavy atom. The summed E-state index contributed by atoms with van der Waals surface area (Å²) in [4.78, 5) is 2.35. The van der Waals surface area contributed by atoms with Crippen LogP contribution in [0.2, 0.25) is 0 Å². The van der Waals surface area contributed by atoms with E-state index in [1.165, 1.54) is 50.5 Å². The number of alkyl halides is 1. The molecule has 0 bridgehead atoms. The first kappa shape index (κ1) is 15.8. The van der Waals surface area contributed by atoms with Gasteiger partial charge in [0.2, 0.25) is 0 Å². The largest absolute Gasteiger partial charge is 0.371 e. The maximum absolute atomic E-state index is 13.3. The zero-order chi connectivity index (χ0) is 14.2. The molecule has 2 rings (SSSR count). The van der Waals surface area contributed by atoms with Gasteiger partial charge in [0.15, 0.2) is 0 Å². The molecular formula is C17H25BrFN. The third-order valence-electron chi connectivity index (χ3n) is 4.10. The Hall–Kier alpha value is -0.570. The standard InChI is InChI=1S/C17H25BrFN/c18-11-6-4-2-1-3-5-7-12-20-13-10-15-8-9-16(19)14-17(15)20/h8-9,14H,1-7,10-13H2. The first-order valence-electron chi connectivity index (χ1n) is 7.90. The lowest BCUT2D eigenvalue weighted by atomic mass is 10.1. The molecule has 0 aromatic heterocycles. The minimum absolute atomic E-state index is 0.109. The van der Waals surface area contributed by atoms with Crippen LogP contribution in [0.15, 0.2) is 18.2 Å². The highest BCUT2D eigenvalue weighted by molar-refractivity contribution is 9.09. The van der Waals surface area contributed by atoms with Gasteiger partial charge in [0.25, 0.3) is 0 Å². The fourth-order valence-corrected chi connectivity index (χ4v) is 3.33. The third-order valence-corrected chi connectivity index (χ3v) is 4.66. The summed E-state index contributed by atoms with van der Waals surface area (Å²) in [5, 5.41) is 1.14. The third kappa shape index (κ3) is 4.76. The lowest BCUT2D eigenvalue weighted by Gasteiger charge is -2.19. The van der Waals surface area contributed by atoms with Gasteiger partial charge in [-0.25, -0.2) is 4.39 Å². The monoisotopic (exact) mass is 341 g/mol. The molecular weight excluding hydrogens is 317 g/mol. The van der Waals surface area contributed by atoms with Crippen LogP contribution in [0.25, 0.3) is 0 Å². The van der Waals surface area contributed by atoms with E-state index in [9.17, 15) is 4.39 Å². The quantitative estimate of drug-likeness (QED) is 0.434. The summed E-state index contributed by atoms with van der Waals surface area (Å²) in [5.41, 5.74) is 2.43. The van der Waals surface area contributed by atoms with Gasteiger partial charge in [-0.1, -0.05) is 54.1 Å². The van der Waals surface area contributed by atoms with Gasteiger partial charge in [-0.05, 0) is 37.0 Å². The maximum atomic E-state index is 13.3. The van der Waals surface area contributed by atoms with Crippen LogP contribution in [0.1, 0.15) is 50.5 Å². The predicted molar refractivity (Wildman–Crippen MR) is 88.4 cm³/mol. The van der Waals surface area contributed by atoms with Crippen LogP contribution >= 0.6 is 15.9 Å². The van der Waals surface area contributed by atoms with E-state index in [1.807, 2.05) is 6.07 Å². The van der Waals surface area contributed by atoms with Crippen molar-refractivity contribution in [2.45, 2.75) is 51.4 Å². The smallest absolute Gasteiger partial charge is 0.125 e. The normalized spacial score (nSPS) is 13.8. The van der Waals surface area contributed by atoms with Gasteiger partial charge in [-0.3, -0.25) is 0 Å². The molecule has 0 fully saturated rings. The van der Waals surface area contributed by atoms with E-state index >= 15 is 0 Å². The number of hydrogen-bond acceptors (Lipinski definition) is 1. The average Bonchev–Trinajstić information content (AvgIpc) is 2.84. The number of fused-ring (bicyclic) bond motifs is 1. The van der Waals surface area contributed by atoms with E-state index in [-0.39, 0.29) is 5.82 Å². The minimum Gasteiger partial charge on any atom is -0.371 e. The minimum atomic E-state index is -0.109. The van der Waals surface area contributed by atoms with Crippen molar-refractivity contribution in [3.63, 3.8) is 0 Å². The molecule has 1 aromatic carbocycles. The number of nitrogens with zero attached hydrogens (tertiary/aromatic N) is 1. The number of hydrogen-bond donors (Lipinski definition) is 0. The molecule has 0 radical (unpaired) electrons. The summed E-state index contributed by atoms with van der Waals surface area (Å²) in [6.07, 6.45) is 10.3. The average molecular weight is 342 g/mol. The SMILES string of the molecule is Fc1ccc2c(c1)N(CCCCCCCCCBr)CC2. The molecule has 0 unspecified atom stereocenters. The van der Waals surface area contributed by atoms with Gasteiger partial charge in [0.05, 0.1) is 0 Å². The molecule has 1 nitrogen and oxygen atoms in total. The lowest BCUT2D eigenvalue weighted by molar-refractivity contribution is 0.587. The molecule has 1 aromatic rings. The van der Waals surface area contributed by atoms with Crippen LogP contribution in [0.3, 0.4) is 0 Å². The summed E-state index contributed by atoms with van der Waals surface area (Å²) in [6, 6.07) is 5.21. The molecule has 1 heterocycles. The summed E-state index contributed by atoms with van der Waals surface area (Å²) < 4.78 is 13.3. The number of anilines is 1. The zero-order valence-corrected chi connectivity index (χ0v) is 13.8. The molecule has 0 aliphatic carbocycles. The topological polar surface area (TPSA) is 3.24 Å². The van der Waals surface area contributed by atoms with Gasteiger partial charge in [0.1, 0.15) is 5.82 Å². The van der Waals surface area contributed by atoms with E-state index in [0.717, 1.165) is 30.5 Å². The number of unbranched alkanes of at least 4 members (excludes halogenated alkanes) is 6. The molecule has 0 spiro atoms. The van der Waals surface area contributed by atoms with Crippen molar-refractivity contribution >= 4 is 21.6 Å². The molecule has 20 heavy (non-hydrogen) atoms. The first-order chi connectivity index (χ1) is 9.81. The van der Waals surface area contributed by atoms with Gasteiger partial charge in [-0.15, -0.1) is 0 Å². The molecule has 112 valence electrons. The van der Waals surface area contributed by atoms with Gasteiger partial charge < -0.3 is 4.90 Å². The zero-order valence-electron chi connectivity index (χ0n) is 12.2. The second-order valence-electron chi connectivity index (χ2n) is 5.67. The maximum Gasteiger partial charge on any atom is 0.125 e. The van der Waals surface area contributed by atoms with Crippen LogP contribution in [-0.2, 0) is 6.42 Å². The van der Waals surface area contributed by atoms with Crippen molar-refractivity contribution in [2.24, 2.45) is 0 Å².